The zero-order valence-electron chi connectivity index (χ0n) is 10.8. The van der Waals surface area contributed by atoms with Crippen molar-refractivity contribution in [2.24, 2.45) is 11.7 Å². The Morgan fingerprint density at radius 3 is 2.68 bits per heavy atom. The normalized spacial score (nSPS) is 22.4. The number of benzene rings is 1. The first-order chi connectivity index (χ1) is 8.72. The third-order valence-corrected chi connectivity index (χ3v) is 4.59. The van der Waals surface area contributed by atoms with Crippen LogP contribution in [-0.2, 0) is 0 Å². The van der Waals surface area contributed by atoms with Crippen LogP contribution in [0.15, 0.2) is 24.3 Å². The summed E-state index contributed by atoms with van der Waals surface area (Å²) in [5.74, 6) is 0.467. The second kappa shape index (κ2) is 8.07. The largest absolute Gasteiger partial charge is 0.349 e. The van der Waals surface area contributed by atoms with E-state index < -0.39 is 0 Å². The van der Waals surface area contributed by atoms with E-state index in [4.69, 9.17) is 5.73 Å². The van der Waals surface area contributed by atoms with Gasteiger partial charge in [-0.15, -0.1) is 12.4 Å². The molecule has 0 spiro atoms. The molecule has 0 aromatic heterocycles. The molecule has 1 saturated carbocycles. The van der Waals surface area contributed by atoms with E-state index in [-0.39, 0.29) is 24.4 Å². The summed E-state index contributed by atoms with van der Waals surface area (Å²) < 4.78 is 0.993. The minimum Gasteiger partial charge on any atom is -0.349 e. The van der Waals surface area contributed by atoms with Gasteiger partial charge in [-0.3, -0.25) is 4.79 Å². The number of hydrogen-bond donors (Lipinski definition) is 2. The van der Waals surface area contributed by atoms with E-state index >= 15 is 0 Å². The van der Waals surface area contributed by atoms with Gasteiger partial charge in [0.15, 0.2) is 0 Å². The van der Waals surface area contributed by atoms with Gasteiger partial charge in [-0.25, -0.2) is 0 Å². The summed E-state index contributed by atoms with van der Waals surface area (Å²) in [6, 6.07) is 7.92. The summed E-state index contributed by atoms with van der Waals surface area (Å²) >= 11 is 2.20. The van der Waals surface area contributed by atoms with Gasteiger partial charge in [0.05, 0.1) is 5.56 Å². The van der Waals surface area contributed by atoms with Crippen LogP contribution >= 0.6 is 35.0 Å². The predicted molar refractivity (Wildman–Crippen MR) is 88.7 cm³/mol. The number of amides is 1. The van der Waals surface area contributed by atoms with Crippen LogP contribution in [0.2, 0.25) is 0 Å². The molecule has 106 valence electrons. The topological polar surface area (TPSA) is 55.1 Å². The van der Waals surface area contributed by atoms with Crippen molar-refractivity contribution < 1.29 is 4.79 Å². The Morgan fingerprint density at radius 2 is 2.00 bits per heavy atom. The molecule has 0 heterocycles. The molecule has 1 aromatic rings. The molecular formula is C14H20ClIN2O. The average Bonchev–Trinajstić information content (AvgIpc) is 2.39. The zero-order valence-corrected chi connectivity index (χ0v) is 13.7. The molecule has 1 aliphatic rings. The molecule has 2 rings (SSSR count). The highest BCUT2D eigenvalue weighted by Gasteiger charge is 2.25. The van der Waals surface area contributed by atoms with E-state index in [0.29, 0.717) is 12.5 Å². The SMILES string of the molecule is Cl.NCC1CCCCC1NC(=O)c1ccccc1I. The third-order valence-electron chi connectivity index (χ3n) is 3.65. The first-order valence-corrected chi connectivity index (χ1v) is 7.55. The number of rotatable bonds is 3. The highest BCUT2D eigenvalue weighted by Crippen LogP contribution is 2.24. The Balaban J connectivity index is 0.00000180. The lowest BCUT2D eigenvalue weighted by Gasteiger charge is -2.31. The lowest BCUT2D eigenvalue weighted by molar-refractivity contribution is 0.0907. The molecular weight excluding hydrogens is 375 g/mol. The molecule has 0 aliphatic heterocycles. The van der Waals surface area contributed by atoms with E-state index in [9.17, 15) is 4.79 Å². The molecule has 2 unspecified atom stereocenters. The van der Waals surface area contributed by atoms with Gasteiger partial charge in [-0.2, -0.15) is 0 Å². The van der Waals surface area contributed by atoms with Gasteiger partial charge in [0.1, 0.15) is 0 Å². The standard InChI is InChI=1S/C14H19IN2O.ClH/c15-12-7-3-2-6-11(12)14(18)17-13-8-4-1-5-10(13)9-16;/h2-3,6-7,10,13H,1,4-5,8-9,16H2,(H,17,18);1H. The van der Waals surface area contributed by atoms with Crippen LogP contribution in [-0.4, -0.2) is 18.5 Å². The molecule has 3 N–H and O–H groups in total. The maximum atomic E-state index is 12.2. The van der Waals surface area contributed by atoms with Gasteiger partial charge < -0.3 is 11.1 Å². The summed E-state index contributed by atoms with van der Waals surface area (Å²) in [6.45, 7) is 0.664. The number of carbonyl (C=O) groups excluding carboxylic acids is 1. The first kappa shape index (κ1) is 16.7. The Labute approximate surface area is 134 Å². The van der Waals surface area contributed by atoms with Crippen molar-refractivity contribution in [2.75, 3.05) is 6.54 Å². The highest BCUT2D eigenvalue weighted by atomic mass is 127. The van der Waals surface area contributed by atoms with Crippen molar-refractivity contribution in [3.05, 3.63) is 33.4 Å². The number of nitrogens with one attached hydrogen (secondary N) is 1. The van der Waals surface area contributed by atoms with Gasteiger partial charge in [0, 0.05) is 9.61 Å². The summed E-state index contributed by atoms with van der Waals surface area (Å²) in [5.41, 5.74) is 6.55. The number of nitrogens with two attached hydrogens (primary N) is 1. The summed E-state index contributed by atoms with van der Waals surface area (Å²) in [5, 5.41) is 3.15. The molecule has 3 nitrogen and oxygen atoms in total. The van der Waals surface area contributed by atoms with Gasteiger partial charge in [-0.05, 0) is 60.0 Å². The van der Waals surface area contributed by atoms with Crippen LogP contribution < -0.4 is 11.1 Å². The molecule has 0 bridgehead atoms. The van der Waals surface area contributed by atoms with E-state index in [1.807, 2.05) is 24.3 Å². The molecule has 1 fully saturated rings. The van der Waals surface area contributed by atoms with Gasteiger partial charge >= 0.3 is 0 Å². The smallest absolute Gasteiger partial charge is 0.252 e. The van der Waals surface area contributed by atoms with Crippen LogP contribution in [0.3, 0.4) is 0 Å². The van der Waals surface area contributed by atoms with E-state index in [0.717, 1.165) is 22.0 Å². The van der Waals surface area contributed by atoms with Crippen molar-refractivity contribution in [3.63, 3.8) is 0 Å². The highest BCUT2D eigenvalue weighted by molar-refractivity contribution is 14.1. The predicted octanol–water partition coefficient (Wildman–Crippen LogP) is 2.96. The number of hydrogen-bond acceptors (Lipinski definition) is 2. The Kier molecular flexibility index (Phi) is 7.10. The summed E-state index contributed by atoms with van der Waals surface area (Å²) in [6.07, 6.45) is 4.61. The summed E-state index contributed by atoms with van der Waals surface area (Å²) in [7, 11) is 0. The fourth-order valence-electron chi connectivity index (χ4n) is 2.57. The van der Waals surface area contributed by atoms with E-state index in [1.165, 1.54) is 12.8 Å². The molecule has 0 saturated heterocycles. The third kappa shape index (κ3) is 4.33. The van der Waals surface area contributed by atoms with Crippen molar-refractivity contribution in [2.45, 2.75) is 31.7 Å². The van der Waals surface area contributed by atoms with E-state index in [2.05, 4.69) is 27.9 Å². The Bertz CT molecular complexity index is 428. The maximum absolute atomic E-state index is 12.2. The minimum atomic E-state index is 0. The lowest BCUT2D eigenvalue weighted by Crippen LogP contribution is -2.44. The Morgan fingerprint density at radius 1 is 1.32 bits per heavy atom. The molecule has 0 radical (unpaired) electrons. The molecule has 5 heteroatoms. The quantitative estimate of drug-likeness (QED) is 0.775. The fourth-order valence-corrected chi connectivity index (χ4v) is 3.20. The van der Waals surface area contributed by atoms with Crippen molar-refractivity contribution >= 4 is 40.9 Å². The molecule has 2 atom stereocenters. The summed E-state index contributed by atoms with van der Waals surface area (Å²) in [4.78, 5) is 12.2. The van der Waals surface area contributed by atoms with Crippen LogP contribution in [0.25, 0.3) is 0 Å². The molecule has 1 aliphatic carbocycles. The van der Waals surface area contributed by atoms with Crippen LogP contribution in [0, 0.1) is 9.49 Å². The zero-order chi connectivity index (χ0) is 13.0. The van der Waals surface area contributed by atoms with Gasteiger partial charge in [0.25, 0.3) is 5.91 Å². The average molecular weight is 395 g/mol. The van der Waals surface area contributed by atoms with Crippen LogP contribution in [0.1, 0.15) is 36.0 Å². The minimum absolute atomic E-state index is 0. The number of halogens is 2. The van der Waals surface area contributed by atoms with Crippen LogP contribution in [0.5, 0.6) is 0 Å². The van der Waals surface area contributed by atoms with Gasteiger partial charge in [0.2, 0.25) is 0 Å². The molecule has 19 heavy (non-hydrogen) atoms. The van der Waals surface area contributed by atoms with Crippen molar-refractivity contribution in [1.82, 2.24) is 5.32 Å². The maximum Gasteiger partial charge on any atom is 0.252 e. The van der Waals surface area contributed by atoms with E-state index in [1.54, 1.807) is 0 Å². The van der Waals surface area contributed by atoms with Crippen molar-refractivity contribution in [1.29, 1.82) is 0 Å². The Hall–Kier alpha value is -0.330. The monoisotopic (exact) mass is 394 g/mol. The van der Waals surface area contributed by atoms with Crippen LogP contribution in [0.4, 0.5) is 0 Å². The number of carbonyl (C=O) groups is 1. The molecule has 1 aromatic carbocycles. The van der Waals surface area contributed by atoms with Crippen molar-refractivity contribution in [3.8, 4) is 0 Å². The molecule has 1 amide bonds. The lowest BCUT2D eigenvalue weighted by atomic mass is 9.84. The fraction of sp³-hybridized carbons (Fsp3) is 0.500. The van der Waals surface area contributed by atoms with Gasteiger partial charge in [-0.1, -0.05) is 25.0 Å². The second-order valence-corrected chi connectivity index (χ2v) is 6.00. The second-order valence-electron chi connectivity index (χ2n) is 4.84. The first-order valence-electron chi connectivity index (χ1n) is 6.48.